The van der Waals surface area contributed by atoms with E-state index in [1.165, 1.54) is 0 Å². The van der Waals surface area contributed by atoms with Crippen LogP contribution in [0.1, 0.15) is 5.76 Å². The molecule has 0 aliphatic heterocycles. The zero-order valence-electron chi connectivity index (χ0n) is 7.12. The Morgan fingerprint density at radius 1 is 1.31 bits per heavy atom. The Morgan fingerprint density at radius 3 is 2.77 bits per heavy atom. The third-order valence-electron chi connectivity index (χ3n) is 1.73. The van der Waals surface area contributed by atoms with Crippen LogP contribution >= 0.6 is 11.6 Å². The van der Waals surface area contributed by atoms with E-state index in [-0.39, 0.29) is 0 Å². The second-order valence-electron chi connectivity index (χ2n) is 2.80. The SMILES string of the molecule is Cc1ccc(-c2cncc(Cl)c2)o1. The topological polar surface area (TPSA) is 26.0 Å². The molecule has 0 spiro atoms. The van der Waals surface area contributed by atoms with E-state index in [0.717, 1.165) is 17.1 Å². The molecule has 2 aromatic rings. The summed E-state index contributed by atoms with van der Waals surface area (Å²) in [7, 11) is 0. The molecule has 66 valence electrons. The summed E-state index contributed by atoms with van der Waals surface area (Å²) in [5, 5.41) is 0.617. The average molecular weight is 194 g/mol. The summed E-state index contributed by atoms with van der Waals surface area (Å²) in [4.78, 5) is 3.98. The Morgan fingerprint density at radius 2 is 2.15 bits per heavy atom. The highest BCUT2D eigenvalue weighted by molar-refractivity contribution is 6.30. The number of hydrogen-bond acceptors (Lipinski definition) is 2. The third-order valence-corrected chi connectivity index (χ3v) is 1.94. The lowest BCUT2D eigenvalue weighted by molar-refractivity contribution is 0.548. The first-order valence-corrected chi connectivity index (χ1v) is 4.31. The van der Waals surface area contributed by atoms with E-state index >= 15 is 0 Å². The monoisotopic (exact) mass is 193 g/mol. The van der Waals surface area contributed by atoms with Gasteiger partial charge in [0.25, 0.3) is 0 Å². The van der Waals surface area contributed by atoms with Gasteiger partial charge in [-0.3, -0.25) is 4.98 Å². The minimum atomic E-state index is 0.617. The van der Waals surface area contributed by atoms with E-state index in [2.05, 4.69) is 4.98 Å². The van der Waals surface area contributed by atoms with E-state index in [1.54, 1.807) is 12.4 Å². The molecule has 3 heteroatoms. The van der Waals surface area contributed by atoms with E-state index in [9.17, 15) is 0 Å². The molecule has 0 aliphatic rings. The first-order chi connectivity index (χ1) is 6.25. The number of furan rings is 1. The maximum absolute atomic E-state index is 5.80. The minimum Gasteiger partial charge on any atom is -0.461 e. The summed E-state index contributed by atoms with van der Waals surface area (Å²) in [6.45, 7) is 1.90. The van der Waals surface area contributed by atoms with Crippen LogP contribution in [0.5, 0.6) is 0 Å². The van der Waals surface area contributed by atoms with Crippen LogP contribution < -0.4 is 0 Å². The van der Waals surface area contributed by atoms with Crippen molar-refractivity contribution in [1.29, 1.82) is 0 Å². The van der Waals surface area contributed by atoms with Crippen LogP contribution in [0, 0.1) is 6.92 Å². The molecule has 0 radical (unpaired) electrons. The van der Waals surface area contributed by atoms with Gasteiger partial charge in [-0.1, -0.05) is 11.6 Å². The molecule has 0 saturated heterocycles. The summed E-state index contributed by atoms with van der Waals surface area (Å²) in [5.41, 5.74) is 0.903. The molecule has 13 heavy (non-hydrogen) atoms. The molecule has 0 N–H and O–H groups in total. The number of nitrogens with zero attached hydrogens (tertiary/aromatic N) is 1. The molecule has 0 unspecified atom stereocenters. The van der Waals surface area contributed by atoms with Gasteiger partial charge in [0.15, 0.2) is 0 Å². The molecule has 0 fully saturated rings. The molecule has 2 heterocycles. The van der Waals surface area contributed by atoms with Crippen LogP contribution in [-0.2, 0) is 0 Å². The minimum absolute atomic E-state index is 0.617. The van der Waals surface area contributed by atoms with Crippen LogP contribution in [0.25, 0.3) is 11.3 Å². The van der Waals surface area contributed by atoms with Crippen molar-refractivity contribution in [3.8, 4) is 11.3 Å². The Labute approximate surface area is 81.2 Å². The Kier molecular flexibility index (Phi) is 2.07. The summed E-state index contributed by atoms with van der Waals surface area (Å²) in [6.07, 6.45) is 3.32. The van der Waals surface area contributed by atoms with Gasteiger partial charge in [-0.25, -0.2) is 0 Å². The maximum Gasteiger partial charge on any atom is 0.135 e. The summed E-state index contributed by atoms with van der Waals surface area (Å²) >= 11 is 5.80. The third kappa shape index (κ3) is 1.73. The number of aromatic nitrogens is 1. The van der Waals surface area contributed by atoms with Gasteiger partial charge in [-0.15, -0.1) is 0 Å². The van der Waals surface area contributed by atoms with Crippen LogP contribution in [0.4, 0.5) is 0 Å². The molecule has 0 aliphatic carbocycles. The van der Waals surface area contributed by atoms with Gasteiger partial charge < -0.3 is 4.42 Å². The van der Waals surface area contributed by atoms with Crippen molar-refractivity contribution in [2.24, 2.45) is 0 Å². The van der Waals surface area contributed by atoms with Gasteiger partial charge in [-0.2, -0.15) is 0 Å². The molecule has 0 atom stereocenters. The van der Waals surface area contributed by atoms with Gasteiger partial charge in [-0.05, 0) is 25.1 Å². The molecule has 2 nitrogen and oxygen atoms in total. The van der Waals surface area contributed by atoms with Crippen molar-refractivity contribution in [2.75, 3.05) is 0 Å². The predicted octanol–water partition coefficient (Wildman–Crippen LogP) is 3.30. The number of aryl methyl sites for hydroxylation is 1. The van der Waals surface area contributed by atoms with E-state index < -0.39 is 0 Å². The lowest BCUT2D eigenvalue weighted by atomic mass is 10.2. The van der Waals surface area contributed by atoms with Crippen molar-refractivity contribution in [1.82, 2.24) is 4.98 Å². The zero-order chi connectivity index (χ0) is 9.26. The number of halogens is 1. The van der Waals surface area contributed by atoms with Crippen molar-refractivity contribution < 1.29 is 4.42 Å². The fourth-order valence-electron chi connectivity index (χ4n) is 1.14. The second kappa shape index (κ2) is 3.23. The highest BCUT2D eigenvalue weighted by Crippen LogP contribution is 2.23. The normalized spacial score (nSPS) is 10.3. The molecule has 0 amide bonds. The molecule has 2 aromatic heterocycles. The van der Waals surface area contributed by atoms with Crippen LogP contribution in [0.15, 0.2) is 35.0 Å². The predicted molar refractivity (Wildman–Crippen MR) is 51.7 cm³/mol. The lowest BCUT2D eigenvalue weighted by Crippen LogP contribution is -1.76. The van der Waals surface area contributed by atoms with Crippen LogP contribution in [-0.4, -0.2) is 4.98 Å². The molecule has 0 bridgehead atoms. The largest absolute Gasteiger partial charge is 0.461 e. The highest BCUT2D eigenvalue weighted by Gasteiger charge is 2.02. The van der Waals surface area contributed by atoms with E-state index in [4.69, 9.17) is 16.0 Å². The van der Waals surface area contributed by atoms with Crippen molar-refractivity contribution in [2.45, 2.75) is 6.92 Å². The van der Waals surface area contributed by atoms with Crippen LogP contribution in [0.3, 0.4) is 0 Å². The Bertz CT molecular complexity index is 422. The lowest BCUT2D eigenvalue weighted by Gasteiger charge is -1.95. The first kappa shape index (κ1) is 8.32. The standard InChI is InChI=1S/C10H8ClNO/c1-7-2-3-10(13-7)8-4-9(11)6-12-5-8/h2-6H,1H3. The molecule has 0 aromatic carbocycles. The maximum atomic E-state index is 5.80. The molecular formula is C10H8ClNO. The quantitative estimate of drug-likeness (QED) is 0.695. The zero-order valence-corrected chi connectivity index (χ0v) is 7.88. The highest BCUT2D eigenvalue weighted by atomic mass is 35.5. The fraction of sp³-hybridized carbons (Fsp3) is 0.100. The van der Waals surface area contributed by atoms with Crippen LogP contribution in [0.2, 0.25) is 5.02 Å². The van der Waals surface area contributed by atoms with Gasteiger partial charge in [0, 0.05) is 18.0 Å². The van der Waals surface area contributed by atoms with Crippen molar-refractivity contribution in [3.05, 3.63) is 41.4 Å². The summed E-state index contributed by atoms with van der Waals surface area (Å²) < 4.78 is 5.43. The molecular weight excluding hydrogens is 186 g/mol. The summed E-state index contributed by atoms with van der Waals surface area (Å²) in [6, 6.07) is 5.64. The second-order valence-corrected chi connectivity index (χ2v) is 3.24. The van der Waals surface area contributed by atoms with Gasteiger partial charge >= 0.3 is 0 Å². The van der Waals surface area contributed by atoms with E-state index in [0.29, 0.717) is 5.02 Å². The molecule has 2 rings (SSSR count). The average Bonchev–Trinajstić information content (AvgIpc) is 2.52. The number of rotatable bonds is 1. The van der Waals surface area contributed by atoms with Crippen molar-refractivity contribution >= 4 is 11.6 Å². The Balaban J connectivity index is 2.46. The Hall–Kier alpha value is -1.28. The van der Waals surface area contributed by atoms with E-state index in [1.807, 2.05) is 25.1 Å². The van der Waals surface area contributed by atoms with Crippen molar-refractivity contribution in [3.63, 3.8) is 0 Å². The van der Waals surface area contributed by atoms with Gasteiger partial charge in [0.05, 0.1) is 5.02 Å². The fourth-order valence-corrected chi connectivity index (χ4v) is 1.31. The smallest absolute Gasteiger partial charge is 0.135 e. The first-order valence-electron chi connectivity index (χ1n) is 3.93. The van der Waals surface area contributed by atoms with Gasteiger partial charge in [0.1, 0.15) is 11.5 Å². The van der Waals surface area contributed by atoms with Gasteiger partial charge in [0.2, 0.25) is 0 Å². The number of hydrogen-bond donors (Lipinski definition) is 0. The summed E-state index contributed by atoms with van der Waals surface area (Å²) in [5.74, 6) is 1.68. The molecule has 0 saturated carbocycles. The number of pyridine rings is 1.